The molecule has 4 nitrogen and oxygen atoms in total. The van der Waals surface area contributed by atoms with Crippen molar-refractivity contribution >= 4 is 41.0 Å². The zero-order chi connectivity index (χ0) is 18.2. The Hall–Kier alpha value is -1.88. The fraction of sp³-hybridized carbons (Fsp3) is 0.167. The van der Waals surface area contributed by atoms with Crippen LogP contribution < -0.4 is 14.9 Å². The van der Waals surface area contributed by atoms with Gasteiger partial charge in [-0.25, -0.2) is 0 Å². The minimum atomic E-state index is 0.337. The molecule has 0 atom stereocenters. The Kier molecular flexibility index (Phi) is 7.44. The van der Waals surface area contributed by atoms with Crippen molar-refractivity contribution in [2.75, 3.05) is 13.7 Å². The van der Waals surface area contributed by atoms with E-state index < -0.39 is 0 Å². The summed E-state index contributed by atoms with van der Waals surface area (Å²) >= 11 is 18.5. The van der Waals surface area contributed by atoms with Crippen LogP contribution in [0.3, 0.4) is 0 Å². The first-order chi connectivity index (χ1) is 12.1. The summed E-state index contributed by atoms with van der Waals surface area (Å²) in [5, 5.41) is 5.76. The molecule has 25 heavy (non-hydrogen) atoms. The third-order valence-electron chi connectivity index (χ3n) is 3.22. The van der Waals surface area contributed by atoms with Crippen molar-refractivity contribution in [2.45, 2.75) is 6.54 Å². The molecule has 0 spiro atoms. The van der Waals surface area contributed by atoms with Crippen LogP contribution in [0.25, 0.3) is 0 Å². The predicted octanol–water partition coefficient (Wildman–Crippen LogP) is 5.34. The van der Waals surface area contributed by atoms with Gasteiger partial charge in [-0.1, -0.05) is 53.5 Å². The Morgan fingerprint density at radius 2 is 1.88 bits per heavy atom. The molecule has 0 fully saturated rings. The molecule has 0 unspecified atom stereocenters. The second-order valence-corrected chi connectivity index (χ2v) is 6.15. The summed E-state index contributed by atoms with van der Waals surface area (Å²) in [7, 11) is 1.55. The van der Waals surface area contributed by atoms with E-state index in [2.05, 4.69) is 17.1 Å². The van der Waals surface area contributed by atoms with E-state index in [4.69, 9.17) is 44.3 Å². The molecule has 132 valence electrons. The van der Waals surface area contributed by atoms with Gasteiger partial charge in [0.25, 0.3) is 0 Å². The summed E-state index contributed by atoms with van der Waals surface area (Å²) in [6.07, 6.45) is 3.26. The molecule has 0 aliphatic carbocycles. The summed E-state index contributed by atoms with van der Waals surface area (Å²) < 4.78 is 10.8. The van der Waals surface area contributed by atoms with Crippen LogP contribution in [-0.4, -0.2) is 19.9 Å². The SMILES string of the molecule is C=CCOc1c(Cl)cc(/C=N/NCc2c(Cl)cccc2Cl)cc1OC. The van der Waals surface area contributed by atoms with E-state index in [1.165, 1.54) is 0 Å². The summed E-state index contributed by atoms with van der Waals surface area (Å²) in [4.78, 5) is 0. The maximum absolute atomic E-state index is 6.24. The smallest absolute Gasteiger partial charge is 0.180 e. The molecule has 0 heterocycles. The van der Waals surface area contributed by atoms with Crippen molar-refractivity contribution in [3.63, 3.8) is 0 Å². The van der Waals surface area contributed by atoms with Crippen LogP contribution in [0.5, 0.6) is 11.5 Å². The first-order valence-electron chi connectivity index (χ1n) is 7.36. The van der Waals surface area contributed by atoms with E-state index in [0.29, 0.717) is 39.7 Å². The van der Waals surface area contributed by atoms with Gasteiger partial charge in [-0.3, -0.25) is 0 Å². The van der Waals surface area contributed by atoms with Gasteiger partial charge in [-0.05, 0) is 29.8 Å². The van der Waals surface area contributed by atoms with E-state index in [9.17, 15) is 0 Å². The van der Waals surface area contributed by atoms with Crippen molar-refractivity contribution in [2.24, 2.45) is 5.10 Å². The number of hydrogen-bond donors (Lipinski definition) is 1. The molecule has 0 amide bonds. The lowest BCUT2D eigenvalue weighted by atomic mass is 10.2. The van der Waals surface area contributed by atoms with E-state index in [0.717, 1.165) is 11.1 Å². The van der Waals surface area contributed by atoms with Crippen molar-refractivity contribution in [1.82, 2.24) is 5.43 Å². The Balaban J connectivity index is 2.08. The maximum atomic E-state index is 6.24. The van der Waals surface area contributed by atoms with Gasteiger partial charge in [0.15, 0.2) is 11.5 Å². The van der Waals surface area contributed by atoms with Crippen LogP contribution in [0, 0.1) is 0 Å². The van der Waals surface area contributed by atoms with E-state index >= 15 is 0 Å². The quantitative estimate of drug-likeness (QED) is 0.370. The molecular formula is C18H17Cl3N2O2. The third kappa shape index (κ3) is 5.30. The number of hydrogen-bond acceptors (Lipinski definition) is 4. The average Bonchev–Trinajstić information content (AvgIpc) is 2.59. The number of nitrogens with one attached hydrogen (secondary N) is 1. The lowest BCUT2D eigenvalue weighted by molar-refractivity contribution is 0.326. The molecule has 0 bridgehead atoms. The minimum Gasteiger partial charge on any atom is -0.493 e. The van der Waals surface area contributed by atoms with Gasteiger partial charge in [0.05, 0.1) is 24.9 Å². The normalized spacial score (nSPS) is 10.7. The fourth-order valence-electron chi connectivity index (χ4n) is 2.04. The average molecular weight is 400 g/mol. The Labute approximate surface area is 162 Å². The molecule has 7 heteroatoms. The highest BCUT2D eigenvalue weighted by atomic mass is 35.5. The third-order valence-corrected chi connectivity index (χ3v) is 4.21. The Morgan fingerprint density at radius 1 is 1.16 bits per heavy atom. The van der Waals surface area contributed by atoms with Gasteiger partial charge in [-0.15, -0.1) is 0 Å². The zero-order valence-electron chi connectivity index (χ0n) is 13.6. The summed E-state index contributed by atoms with van der Waals surface area (Å²) in [5.74, 6) is 0.988. The molecular weight excluding hydrogens is 383 g/mol. The first kappa shape index (κ1) is 19.4. The highest BCUT2D eigenvalue weighted by Gasteiger charge is 2.11. The van der Waals surface area contributed by atoms with Gasteiger partial charge in [-0.2, -0.15) is 5.10 Å². The van der Waals surface area contributed by atoms with Crippen LogP contribution in [0.15, 0.2) is 48.1 Å². The lowest BCUT2D eigenvalue weighted by Crippen LogP contribution is -2.07. The van der Waals surface area contributed by atoms with E-state index in [-0.39, 0.29) is 0 Å². The standard InChI is InChI=1S/C18H17Cl3N2O2/c1-3-7-25-18-16(21)8-12(9-17(18)24-2)10-22-23-11-13-14(19)5-4-6-15(13)20/h3-6,8-10,23H,1,7,11H2,2H3/b22-10+. The van der Waals surface area contributed by atoms with Gasteiger partial charge >= 0.3 is 0 Å². The molecule has 0 saturated carbocycles. The fourth-order valence-corrected chi connectivity index (χ4v) is 2.85. The number of methoxy groups -OCH3 is 1. The van der Waals surface area contributed by atoms with Crippen molar-refractivity contribution in [3.8, 4) is 11.5 Å². The summed E-state index contributed by atoms with van der Waals surface area (Å²) in [6, 6.07) is 8.86. The number of hydrazone groups is 1. The molecule has 0 aliphatic rings. The van der Waals surface area contributed by atoms with Crippen LogP contribution >= 0.6 is 34.8 Å². The topological polar surface area (TPSA) is 42.8 Å². The largest absolute Gasteiger partial charge is 0.493 e. The molecule has 1 N–H and O–H groups in total. The van der Waals surface area contributed by atoms with Crippen molar-refractivity contribution < 1.29 is 9.47 Å². The lowest BCUT2D eigenvalue weighted by Gasteiger charge is -2.12. The number of benzene rings is 2. The maximum Gasteiger partial charge on any atom is 0.180 e. The van der Waals surface area contributed by atoms with Crippen LogP contribution in [0.1, 0.15) is 11.1 Å². The molecule has 2 rings (SSSR count). The van der Waals surface area contributed by atoms with Gasteiger partial charge in [0.1, 0.15) is 6.61 Å². The number of ether oxygens (including phenoxy) is 2. The Morgan fingerprint density at radius 3 is 2.52 bits per heavy atom. The second-order valence-electron chi connectivity index (χ2n) is 4.93. The molecule has 0 radical (unpaired) electrons. The van der Waals surface area contributed by atoms with Crippen molar-refractivity contribution in [3.05, 3.63) is 69.2 Å². The molecule has 2 aromatic rings. The number of halogens is 3. The monoisotopic (exact) mass is 398 g/mol. The van der Waals surface area contributed by atoms with Crippen LogP contribution in [0.2, 0.25) is 15.1 Å². The zero-order valence-corrected chi connectivity index (χ0v) is 15.8. The van der Waals surface area contributed by atoms with Crippen molar-refractivity contribution in [1.29, 1.82) is 0 Å². The molecule has 0 aromatic heterocycles. The second kappa shape index (κ2) is 9.56. The molecule has 2 aromatic carbocycles. The van der Waals surface area contributed by atoms with Gasteiger partial charge in [0, 0.05) is 15.6 Å². The predicted molar refractivity (Wildman–Crippen MR) is 105 cm³/mol. The van der Waals surface area contributed by atoms with Crippen LogP contribution in [0.4, 0.5) is 0 Å². The highest BCUT2D eigenvalue weighted by Crippen LogP contribution is 2.36. The van der Waals surface area contributed by atoms with E-state index in [1.807, 2.05) is 0 Å². The molecule has 0 aliphatic heterocycles. The van der Waals surface area contributed by atoms with E-state index in [1.54, 1.807) is 49.7 Å². The highest BCUT2D eigenvalue weighted by molar-refractivity contribution is 6.36. The van der Waals surface area contributed by atoms with Crippen LogP contribution in [-0.2, 0) is 6.54 Å². The van der Waals surface area contributed by atoms with Gasteiger partial charge < -0.3 is 14.9 Å². The van der Waals surface area contributed by atoms with Gasteiger partial charge in [0.2, 0.25) is 0 Å². The summed E-state index contributed by atoms with van der Waals surface area (Å²) in [6.45, 7) is 4.35. The number of nitrogens with zero attached hydrogens (tertiary/aromatic N) is 1. The number of rotatable bonds is 8. The minimum absolute atomic E-state index is 0.337. The molecule has 0 saturated heterocycles. The first-order valence-corrected chi connectivity index (χ1v) is 8.50. The Bertz CT molecular complexity index is 759. The summed E-state index contributed by atoms with van der Waals surface area (Å²) in [5.41, 5.74) is 4.45.